The molecule has 172 valence electrons. The van der Waals surface area contributed by atoms with Crippen LogP contribution in [0.3, 0.4) is 0 Å². The maximum Gasteiger partial charge on any atom is 0.342 e. The number of rotatable bonds is 6. The van der Waals surface area contributed by atoms with Gasteiger partial charge in [-0.3, -0.25) is 4.79 Å². The van der Waals surface area contributed by atoms with Gasteiger partial charge in [-0.1, -0.05) is 24.3 Å². The fourth-order valence-corrected chi connectivity index (χ4v) is 5.30. The average molecular weight is 460 g/mol. The Labute approximate surface area is 189 Å². The molecular weight excluding hydrogens is 430 g/mol. The van der Waals surface area contributed by atoms with Crippen molar-refractivity contribution in [2.75, 3.05) is 6.61 Å². The topological polar surface area (TPSA) is 90.0 Å². The van der Waals surface area contributed by atoms with E-state index in [1.54, 1.807) is 43.0 Å². The van der Waals surface area contributed by atoms with E-state index in [1.165, 1.54) is 18.2 Å². The highest BCUT2D eigenvalue weighted by molar-refractivity contribution is 7.87. The number of nitrogens with zero attached hydrogens (tertiary/aromatic N) is 1. The van der Waals surface area contributed by atoms with Crippen molar-refractivity contribution in [3.05, 3.63) is 59.2 Å². The molecule has 3 rings (SSSR count). The molecule has 2 aromatic carbocycles. The van der Waals surface area contributed by atoms with Crippen LogP contribution in [0.25, 0.3) is 0 Å². The number of piperidine rings is 1. The summed E-state index contributed by atoms with van der Waals surface area (Å²) in [5, 5.41) is 0. The van der Waals surface area contributed by atoms with E-state index in [9.17, 15) is 18.0 Å². The van der Waals surface area contributed by atoms with Crippen molar-refractivity contribution in [3.63, 3.8) is 0 Å². The van der Waals surface area contributed by atoms with Gasteiger partial charge in [-0.15, -0.1) is 0 Å². The van der Waals surface area contributed by atoms with E-state index in [-0.39, 0.29) is 34.2 Å². The van der Waals surface area contributed by atoms with Crippen LogP contribution in [0.4, 0.5) is 0 Å². The monoisotopic (exact) mass is 459 g/mol. The smallest absolute Gasteiger partial charge is 0.342 e. The molecule has 0 N–H and O–H groups in total. The van der Waals surface area contributed by atoms with Gasteiger partial charge in [0.05, 0.1) is 0 Å². The van der Waals surface area contributed by atoms with Crippen molar-refractivity contribution >= 4 is 22.0 Å². The molecule has 0 aliphatic carbocycles. The second-order valence-corrected chi connectivity index (χ2v) is 9.82. The van der Waals surface area contributed by atoms with E-state index in [0.717, 1.165) is 24.8 Å². The maximum absolute atomic E-state index is 12.9. The molecule has 0 spiro atoms. The van der Waals surface area contributed by atoms with E-state index in [0.29, 0.717) is 5.56 Å². The van der Waals surface area contributed by atoms with Gasteiger partial charge < -0.3 is 13.8 Å². The summed E-state index contributed by atoms with van der Waals surface area (Å²) in [6.07, 6.45) is 2.89. The highest BCUT2D eigenvalue weighted by Crippen LogP contribution is 2.26. The lowest BCUT2D eigenvalue weighted by Crippen LogP contribution is -2.49. The number of carbonyl (C=O) groups is 2. The summed E-state index contributed by atoms with van der Waals surface area (Å²) < 4.78 is 36.3. The van der Waals surface area contributed by atoms with Crippen LogP contribution < -0.4 is 4.18 Å². The number of para-hydroxylation sites is 1. The molecule has 7 nitrogen and oxygen atoms in total. The SMILES string of the molecule is Cc1ccc(C)c(S(=O)(=O)Oc2ccccc2C(=O)OCC(=O)N2[C@@H](C)CCC[C@@H]2C)c1. The number of hydrogen-bond donors (Lipinski definition) is 0. The summed E-state index contributed by atoms with van der Waals surface area (Å²) in [4.78, 5) is 27.1. The van der Waals surface area contributed by atoms with Gasteiger partial charge in [0.15, 0.2) is 12.4 Å². The van der Waals surface area contributed by atoms with Gasteiger partial charge in [0.2, 0.25) is 0 Å². The Balaban J connectivity index is 1.75. The Bertz CT molecular complexity index is 1100. The van der Waals surface area contributed by atoms with E-state index in [2.05, 4.69) is 0 Å². The first-order valence-corrected chi connectivity index (χ1v) is 12.1. The first-order chi connectivity index (χ1) is 15.1. The Kier molecular flexibility index (Phi) is 7.23. The normalized spacial score (nSPS) is 18.8. The maximum atomic E-state index is 12.9. The third-order valence-electron chi connectivity index (χ3n) is 5.73. The highest BCUT2D eigenvalue weighted by atomic mass is 32.2. The molecule has 1 aliphatic rings. The van der Waals surface area contributed by atoms with Gasteiger partial charge in [-0.05, 0) is 76.3 Å². The van der Waals surface area contributed by atoms with Crippen molar-refractivity contribution in [2.45, 2.75) is 63.9 Å². The average Bonchev–Trinajstić information content (AvgIpc) is 2.73. The van der Waals surface area contributed by atoms with Crippen LogP contribution in [-0.4, -0.2) is 43.9 Å². The molecule has 1 amide bonds. The summed E-state index contributed by atoms with van der Waals surface area (Å²) in [5.74, 6) is -1.23. The van der Waals surface area contributed by atoms with E-state index in [1.807, 2.05) is 13.8 Å². The van der Waals surface area contributed by atoms with E-state index < -0.39 is 22.7 Å². The Morgan fingerprint density at radius 2 is 1.69 bits per heavy atom. The minimum atomic E-state index is -4.17. The quantitative estimate of drug-likeness (QED) is 0.479. The molecule has 8 heteroatoms. The second-order valence-electron chi connectivity index (χ2n) is 8.31. The van der Waals surface area contributed by atoms with Crippen LogP contribution in [0.15, 0.2) is 47.4 Å². The summed E-state index contributed by atoms with van der Waals surface area (Å²) in [7, 11) is -4.17. The van der Waals surface area contributed by atoms with Gasteiger partial charge in [-0.25, -0.2) is 4.79 Å². The molecule has 2 atom stereocenters. The standard InChI is InChI=1S/C24H29NO6S/c1-16-12-13-17(2)22(14-16)32(28,29)31-21-11-6-5-10-20(21)24(27)30-15-23(26)25-18(3)8-7-9-19(25)4/h5-6,10-14,18-19H,7-9,15H2,1-4H3/t18-,19-/m0/s1. The van der Waals surface area contributed by atoms with Crippen LogP contribution >= 0.6 is 0 Å². The Morgan fingerprint density at radius 3 is 2.38 bits per heavy atom. The van der Waals surface area contributed by atoms with Crippen LogP contribution in [0, 0.1) is 13.8 Å². The number of ether oxygens (including phenoxy) is 1. The molecule has 0 bridgehead atoms. The number of amides is 1. The largest absolute Gasteiger partial charge is 0.452 e. The highest BCUT2D eigenvalue weighted by Gasteiger charge is 2.30. The molecule has 2 aromatic rings. The van der Waals surface area contributed by atoms with Crippen LogP contribution in [0.2, 0.25) is 0 Å². The number of carbonyl (C=O) groups excluding carboxylic acids is 2. The molecule has 0 radical (unpaired) electrons. The molecule has 1 aliphatic heterocycles. The molecule has 0 saturated carbocycles. The zero-order valence-corrected chi connectivity index (χ0v) is 19.6. The second kappa shape index (κ2) is 9.73. The van der Waals surface area contributed by atoms with Gasteiger partial charge in [0, 0.05) is 12.1 Å². The van der Waals surface area contributed by atoms with Crippen molar-refractivity contribution in [3.8, 4) is 5.75 Å². The minimum Gasteiger partial charge on any atom is -0.452 e. The van der Waals surface area contributed by atoms with Gasteiger partial charge in [-0.2, -0.15) is 8.42 Å². The number of aryl methyl sites for hydroxylation is 2. The number of esters is 1. The summed E-state index contributed by atoms with van der Waals surface area (Å²) in [6.45, 7) is 7.01. The predicted molar refractivity (Wildman–Crippen MR) is 120 cm³/mol. The lowest BCUT2D eigenvalue weighted by atomic mass is 9.97. The minimum absolute atomic E-state index is 0.0314. The fourth-order valence-electron chi connectivity index (χ4n) is 4.04. The Morgan fingerprint density at radius 1 is 1.03 bits per heavy atom. The first kappa shape index (κ1) is 23.8. The third-order valence-corrected chi connectivity index (χ3v) is 7.11. The number of benzene rings is 2. The molecule has 1 saturated heterocycles. The van der Waals surface area contributed by atoms with Crippen LogP contribution in [0.5, 0.6) is 5.75 Å². The van der Waals surface area contributed by atoms with Gasteiger partial charge >= 0.3 is 16.1 Å². The summed E-state index contributed by atoms with van der Waals surface area (Å²) in [5.41, 5.74) is 1.24. The van der Waals surface area contributed by atoms with Crippen LogP contribution in [0.1, 0.15) is 54.6 Å². The van der Waals surface area contributed by atoms with Crippen molar-refractivity contribution in [1.82, 2.24) is 4.90 Å². The first-order valence-electron chi connectivity index (χ1n) is 10.7. The predicted octanol–water partition coefficient (Wildman–Crippen LogP) is 4.02. The van der Waals surface area contributed by atoms with Gasteiger partial charge in [0.25, 0.3) is 5.91 Å². The van der Waals surface area contributed by atoms with Crippen molar-refractivity contribution < 1.29 is 26.9 Å². The zero-order chi connectivity index (χ0) is 23.5. The van der Waals surface area contributed by atoms with Gasteiger partial charge in [0.1, 0.15) is 10.5 Å². The molecule has 0 unspecified atom stereocenters. The van der Waals surface area contributed by atoms with Crippen molar-refractivity contribution in [1.29, 1.82) is 0 Å². The third kappa shape index (κ3) is 5.30. The Hall–Kier alpha value is -2.87. The van der Waals surface area contributed by atoms with E-state index >= 15 is 0 Å². The molecule has 1 heterocycles. The molecule has 32 heavy (non-hydrogen) atoms. The summed E-state index contributed by atoms with van der Waals surface area (Å²) in [6, 6.07) is 11.1. The van der Waals surface area contributed by atoms with E-state index in [4.69, 9.17) is 8.92 Å². The lowest BCUT2D eigenvalue weighted by Gasteiger charge is -2.38. The molecular formula is C24H29NO6S. The lowest BCUT2D eigenvalue weighted by molar-refractivity contribution is -0.140. The summed E-state index contributed by atoms with van der Waals surface area (Å²) >= 11 is 0. The number of hydrogen-bond acceptors (Lipinski definition) is 6. The fraction of sp³-hybridized carbons (Fsp3) is 0.417. The van der Waals surface area contributed by atoms with Crippen molar-refractivity contribution in [2.24, 2.45) is 0 Å². The van der Waals surface area contributed by atoms with Crippen LogP contribution in [-0.2, 0) is 19.6 Å². The number of likely N-dealkylation sites (tertiary alicyclic amines) is 1. The molecule has 0 aromatic heterocycles. The molecule has 1 fully saturated rings. The zero-order valence-electron chi connectivity index (χ0n) is 18.8.